The van der Waals surface area contributed by atoms with Crippen LogP contribution in [0.5, 0.6) is 0 Å². The molecule has 0 aromatic rings. The molecule has 2 unspecified atom stereocenters. The lowest BCUT2D eigenvalue weighted by Gasteiger charge is -2.38. The summed E-state index contributed by atoms with van der Waals surface area (Å²) in [5, 5.41) is 9.27. The van der Waals surface area contributed by atoms with Crippen LogP contribution in [-0.2, 0) is 23.9 Å². The van der Waals surface area contributed by atoms with E-state index in [9.17, 15) is 19.5 Å². The first-order valence-electron chi connectivity index (χ1n) is 14.9. The van der Waals surface area contributed by atoms with Gasteiger partial charge in [-0.1, -0.05) is 12.2 Å². The number of carbonyl (C=O) groups is 3. The van der Waals surface area contributed by atoms with Crippen LogP contribution in [0.3, 0.4) is 0 Å². The van der Waals surface area contributed by atoms with Gasteiger partial charge in [-0.15, -0.1) is 24.9 Å². The molecule has 4 heterocycles. The fourth-order valence-corrected chi connectivity index (χ4v) is 9.41. The molecule has 40 heavy (non-hydrogen) atoms. The van der Waals surface area contributed by atoms with Crippen LogP contribution in [0.2, 0.25) is 0 Å². The Morgan fingerprint density at radius 1 is 1.15 bits per heavy atom. The Bertz CT molecular complexity index is 942. The van der Waals surface area contributed by atoms with E-state index >= 15 is 0 Å². The molecule has 4 rings (SSSR count). The fourth-order valence-electron chi connectivity index (χ4n) is 7.07. The Labute approximate surface area is 243 Å². The molecule has 0 aromatic carbocycles. The number of morpholine rings is 1. The van der Waals surface area contributed by atoms with E-state index in [-0.39, 0.29) is 24.4 Å². The lowest BCUT2D eigenvalue weighted by atomic mass is 9.66. The summed E-state index contributed by atoms with van der Waals surface area (Å²) >= 11 is 1.68. The molecular weight excluding hydrogens is 530 g/mol. The van der Waals surface area contributed by atoms with Crippen molar-refractivity contribution in [2.45, 2.75) is 67.4 Å². The van der Waals surface area contributed by atoms with Crippen molar-refractivity contribution in [3.05, 3.63) is 25.3 Å². The van der Waals surface area contributed by atoms with Gasteiger partial charge in [0.05, 0.1) is 36.4 Å². The Morgan fingerprint density at radius 2 is 1.93 bits per heavy atom. The van der Waals surface area contributed by atoms with Crippen LogP contribution in [0.1, 0.15) is 51.9 Å². The highest BCUT2D eigenvalue weighted by Crippen LogP contribution is 2.71. The van der Waals surface area contributed by atoms with Crippen LogP contribution in [0.25, 0.3) is 0 Å². The number of aliphatic hydroxyl groups is 1. The molecule has 4 saturated heterocycles. The Morgan fingerprint density at radius 3 is 2.62 bits per heavy atom. The minimum atomic E-state index is -0.650. The lowest BCUT2D eigenvalue weighted by molar-refractivity contribution is -0.155. The number of fused-ring (bicyclic) bond motifs is 1. The summed E-state index contributed by atoms with van der Waals surface area (Å²) in [6.07, 6.45) is 8.63. The van der Waals surface area contributed by atoms with Gasteiger partial charge in [-0.05, 0) is 51.9 Å². The molecule has 0 aromatic heterocycles. The number of hydrogen-bond acceptors (Lipinski definition) is 8. The SMILES string of the molecule is C=CCCCOC(=O)[C@H]1[C@H]2C(=O)N(CCCCCO)C(C(=O)N(CC=C)CCN3CCOCC3)C23CC[C@]1(C)S3. The van der Waals surface area contributed by atoms with Crippen molar-refractivity contribution < 1.29 is 29.0 Å². The minimum absolute atomic E-state index is 0.0529. The van der Waals surface area contributed by atoms with Gasteiger partial charge in [0, 0.05) is 50.6 Å². The second-order valence-corrected chi connectivity index (χ2v) is 13.6. The first kappa shape index (κ1) is 31.1. The van der Waals surface area contributed by atoms with Gasteiger partial charge in [0.25, 0.3) is 0 Å². The van der Waals surface area contributed by atoms with E-state index in [1.807, 2.05) is 4.90 Å². The number of thioether (sulfide) groups is 1. The van der Waals surface area contributed by atoms with Crippen molar-refractivity contribution in [3.8, 4) is 0 Å². The van der Waals surface area contributed by atoms with Crippen LogP contribution in [-0.4, -0.2) is 119 Å². The number of amides is 2. The molecule has 2 bridgehead atoms. The van der Waals surface area contributed by atoms with Crippen molar-refractivity contribution >= 4 is 29.5 Å². The summed E-state index contributed by atoms with van der Waals surface area (Å²) in [6, 6.07) is -0.630. The quantitative estimate of drug-likeness (QED) is 0.170. The number of hydrogen-bond donors (Lipinski definition) is 1. The maximum atomic E-state index is 14.5. The van der Waals surface area contributed by atoms with Gasteiger partial charge in [-0.3, -0.25) is 19.3 Å². The minimum Gasteiger partial charge on any atom is -0.465 e. The highest BCUT2D eigenvalue weighted by atomic mass is 32.2. The Kier molecular flexibility index (Phi) is 10.8. The third-order valence-electron chi connectivity index (χ3n) is 9.07. The molecule has 0 radical (unpaired) electrons. The third-order valence-corrected chi connectivity index (χ3v) is 11.1. The third kappa shape index (κ3) is 6.15. The van der Waals surface area contributed by atoms with Crippen molar-refractivity contribution in [2.75, 3.05) is 65.7 Å². The molecule has 4 aliphatic rings. The monoisotopic (exact) mass is 577 g/mol. The van der Waals surface area contributed by atoms with Crippen molar-refractivity contribution in [1.82, 2.24) is 14.7 Å². The first-order chi connectivity index (χ1) is 19.3. The van der Waals surface area contributed by atoms with Gasteiger partial charge in [0.2, 0.25) is 11.8 Å². The average Bonchev–Trinajstić information content (AvgIpc) is 3.52. The largest absolute Gasteiger partial charge is 0.465 e. The number of esters is 1. The van der Waals surface area contributed by atoms with E-state index in [0.717, 1.165) is 45.3 Å². The van der Waals surface area contributed by atoms with Gasteiger partial charge in [0.1, 0.15) is 6.04 Å². The second-order valence-electron chi connectivity index (χ2n) is 11.7. The first-order valence-corrected chi connectivity index (χ1v) is 15.7. The molecule has 9 nitrogen and oxygen atoms in total. The van der Waals surface area contributed by atoms with Crippen molar-refractivity contribution in [2.24, 2.45) is 11.8 Å². The highest BCUT2D eigenvalue weighted by molar-refractivity contribution is 8.02. The highest BCUT2D eigenvalue weighted by Gasteiger charge is 2.77. The number of nitrogens with zero attached hydrogens (tertiary/aromatic N) is 3. The number of unbranched alkanes of at least 4 members (excludes halogenated alkanes) is 3. The lowest BCUT2D eigenvalue weighted by Crippen LogP contribution is -2.56. The van der Waals surface area contributed by atoms with E-state index in [1.54, 1.807) is 28.8 Å². The number of ether oxygens (including phenoxy) is 2. The predicted octanol–water partition coefficient (Wildman–Crippen LogP) is 2.49. The van der Waals surface area contributed by atoms with Gasteiger partial charge in [0.15, 0.2) is 0 Å². The zero-order chi connectivity index (χ0) is 28.8. The number of aliphatic hydroxyl groups excluding tert-OH is 1. The van der Waals surface area contributed by atoms with Crippen LogP contribution in [0.4, 0.5) is 0 Å². The normalized spacial score (nSPS) is 31.3. The fraction of sp³-hybridized carbons (Fsp3) is 0.767. The standard InChI is InChI=1S/C30H47N3O6S/c1-4-6-10-20-39-28(37)24-23-26(35)33(14-8-7-9-19-34)25(30(23)12-11-29(24,3)40-30)27(36)32(13-5-2)16-15-31-17-21-38-22-18-31/h4-5,23-25,34H,1-2,6-22H2,3H3/t23-,24+,25?,29-,30?/m0/s1. The van der Waals surface area contributed by atoms with Gasteiger partial charge in [-0.25, -0.2) is 0 Å². The van der Waals surface area contributed by atoms with Crippen LogP contribution >= 0.6 is 11.8 Å². The molecular formula is C30H47N3O6S. The summed E-state index contributed by atoms with van der Waals surface area (Å²) in [5.41, 5.74) is 0. The summed E-state index contributed by atoms with van der Waals surface area (Å²) in [4.78, 5) is 48.1. The Balaban J connectivity index is 1.59. The number of allylic oxidation sites excluding steroid dienone is 1. The van der Waals surface area contributed by atoms with E-state index in [2.05, 4.69) is 25.0 Å². The molecule has 1 spiro atoms. The van der Waals surface area contributed by atoms with Crippen LogP contribution in [0, 0.1) is 11.8 Å². The molecule has 4 aliphatic heterocycles. The Hall–Kier alpha value is -1.88. The van der Waals surface area contributed by atoms with Crippen molar-refractivity contribution in [3.63, 3.8) is 0 Å². The van der Waals surface area contributed by atoms with E-state index < -0.39 is 27.4 Å². The maximum absolute atomic E-state index is 14.5. The number of carbonyl (C=O) groups excluding carboxylic acids is 3. The average molecular weight is 578 g/mol. The van der Waals surface area contributed by atoms with Crippen LogP contribution < -0.4 is 0 Å². The zero-order valence-corrected chi connectivity index (χ0v) is 24.9. The topological polar surface area (TPSA) is 99.6 Å². The maximum Gasteiger partial charge on any atom is 0.311 e. The van der Waals surface area contributed by atoms with Crippen molar-refractivity contribution in [1.29, 1.82) is 0 Å². The number of likely N-dealkylation sites (tertiary alicyclic amines) is 1. The number of rotatable bonds is 16. The summed E-state index contributed by atoms with van der Waals surface area (Å²) in [5.74, 6) is -1.61. The molecule has 224 valence electrons. The second kappa shape index (κ2) is 13.9. The molecule has 5 atom stereocenters. The molecule has 10 heteroatoms. The van der Waals surface area contributed by atoms with Gasteiger partial charge >= 0.3 is 5.97 Å². The molecule has 0 aliphatic carbocycles. The predicted molar refractivity (Wildman–Crippen MR) is 156 cm³/mol. The molecule has 0 saturated carbocycles. The van der Waals surface area contributed by atoms with Gasteiger partial charge in [-0.2, -0.15) is 0 Å². The molecule has 1 N–H and O–H groups in total. The zero-order valence-electron chi connectivity index (χ0n) is 24.1. The van der Waals surface area contributed by atoms with Crippen LogP contribution in [0.15, 0.2) is 25.3 Å². The summed E-state index contributed by atoms with van der Waals surface area (Å²) in [7, 11) is 0. The smallest absolute Gasteiger partial charge is 0.311 e. The van der Waals surface area contributed by atoms with E-state index in [1.165, 1.54) is 0 Å². The molecule has 4 fully saturated rings. The van der Waals surface area contributed by atoms with Gasteiger partial charge < -0.3 is 24.4 Å². The van der Waals surface area contributed by atoms with E-state index in [4.69, 9.17) is 9.47 Å². The van der Waals surface area contributed by atoms with E-state index in [0.29, 0.717) is 58.7 Å². The summed E-state index contributed by atoms with van der Waals surface area (Å²) in [6.45, 7) is 15.3. The molecule has 2 amide bonds. The summed E-state index contributed by atoms with van der Waals surface area (Å²) < 4.78 is 10.1.